The van der Waals surface area contributed by atoms with Crippen molar-refractivity contribution >= 4 is 11.5 Å². The normalized spacial score (nSPS) is 15.5. The molecule has 4 nitrogen and oxygen atoms in total. The van der Waals surface area contributed by atoms with E-state index in [0.29, 0.717) is 5.69 Å². The molecule has 1 aliphatic carbocycles. The fourth-order valence-electron chi connectivity index (χ4n) is 1.76. The number of alkyl halides is 3. The summed E-state index contributed by atoms with van der Waals surface area (Å²) in [4.78, 5) is 5.14. The van der Waals surface area contributed by atoms with Gasteiger partial charge in [-0.1, -0.05) is 0 Å². The first kappa shape index (κ1) is 12.7. The molecule has 18 heavy (non-hydrogen) atoms. The number of halogens is 3. The Morgan fingerprint density at radius 2 is 2.17 bits per heavy atom. The number of nitrogens with zero attached hydrogens (tertiary/aromatic N) is 2. The van der Waals surface area contributed by atoms with Gasteiger partial charge < -0.3 is 10.6 Å². The van der Waals surface area contributed by atoms with Crippen molar-refractivity contribution in [1.82, 2.24) is 4.98 Å². The molecule has 0 aromatic carbocycles. The fourth-order valence-corrected chi connectivity index (χ4v) is 1.76. The summed E-state index contributed by atoms with van der Waals surface area (Å²) in [5.74, 6) is -0.250. The SMILES string of the molecule is N=C(N)c1cc(N(CC(F)(F)F)C2CC2)ccn1. The van der Waals surface area contributed by atoms with E-state index >= 15 is 0 Å². The number of rotatable bonds is 4. The third-order valence-electron chi connectivity index (χ3n) is 2.69. The smallest absolute Gasteiger partial charge is 0.382 e. The van der Waals surface area contributed by atoms with E-state index in [1.807, 2.05) is 0 Å². The lowest BCUT2D eigenvalue weighted by Gasteiger charge is -2.26. The van der Waals surface area contributed by atoms with Crippen molar-refractivity contribution in [2.45, 2.75) is 25.1 Å². The van der Waals surface area contributed by atoms with Crippen LogP contribution >= 0.6 is 0 Å². The molecule has 1 aromatic rings. The standard InChI is InChI=1S/C11H13F3N4/c12-11(13,14)6-18(7-1-2-7)8-3-4-17-9(5-8)10(15)16/h3-5,7H,1-2,6H2,(H3,15,16). The van der Waals surface area contributed by atoms with Gasteiger partial charge in [0.15, 0.2) is 0 Å². The van der Waals surface area contributed by atoms with Gasteiger partial charge in [0, 0.05) is 17.9 Å². The van der Waals surface area contributed by atoms with Crippen LogP contribution in [0.5, 0.6) is 0 Å². The third kappa shape index (κ3) is 3.12. The van der Waals surface area contributed by atoms with Gasteiger partial charge in [-0.2, -0.15) is 13.2 Å². The first-order valence-corrected chi connectivity index (χ1v) is 5.50. The minimum absolute atomic E-state index is 0.0752. The van der Waals surface area contributed by atoms with Crippen LogP contribution < -0.4 is 10.6 Å². The van der Waals surface area contributed by atoms with Crippen LogP contribution in [0.2, 0.25) is 0 Å². The van der Waals surface area contributed by atoms with Crippen molar-refractivity contribution < 1.29 is 13.2 Å². The second kappa shape index (κ2) is 4.47. The van der Waals surface area contributed by atoms with E-state index in [-0.39, 0.29) is 17.6 Å². The molecule has 7 heteroatoms. The molecular formula is C11H13F3N4. The maximum Gasteiger partial charge on any atom is 0.405 e. The first-order chi connectivity index (χ1) is 8.37. The molecule has 0 radical (unpaired) electrons. The second-order valence-corrected chi connectivity index (χ2v) is 4.29. The minimum atomic E-state index is -4.25. The van der Waals surface area contributed by atoms with Crippen molar-refractivity contribution in [3.63, 3.8) is 0 Å². The molecule has 1 saturated carbocycles. The molecule has 2 rings (SSSR count). The summed E-state index contributed by atoms with van der Waals surface area (Å²) in [6, 6.07) is 2.86. The average Bonchev–Trinajstić information content (AvgIpc) is 3.08. The highest BCUT2D eigenvalue weighted by atomic mass is 19.4. The van der Waals surface area contributed by atoms with Gasteiger partial charge in [-0.05, 0) is 25.0 Å². The van der Waals surface area contributed by atoms with Gasteiger partial charge in [0.2, 0.25) is 0 Å². The van der Waals surface area contributed by atoms with E-state index in [1.54, 1.807) is 0 Å². The monoisotopic (exact) mass is 258 g/mol. The molecule has 1 heterocycles. The van der Waals surface area contributed by atoms with Gasteiger partial charge in [0.05, 0.1) is 0 Å². The Bertz CT molecular complexity index is 454. The molecule has 0 amide bonds. The van der Waals surface area contributed by atoms with E-state index in [1.165, 1.54) is 23.2 Å². The molecule has 0 aliphatic heterocycles. The average molecular weight is 258 g/mol. The van der Waals surface area contributed by atoms with Crippen LogP contribution in [0.15, 0.2) is 18.3 Å². The highest BCUT2D eigenvalue weighted by Crippen LogP contribution is 2.34. The van der Waals surface area contributed by atoms with Crippen LogP contribution in [0.3, 0.4) is 0 Å². The number of hydrogen-bond acceptors (Lipinski definition) is 3. The lowest BCUT2D eigenvalue weighted by atomic mass is 10.2. The van der Waals surface area contributed by atoms with Crippen molar-refractivity contribution in [3.05, 3.63) is 24.0 Å². The Kier molecular flexibility index (Phi) is 3.14. The van der Waals surface area contributed by atoms with Gasteiger partial charge >= 0.3 is 6.18 Å². The Balaban J connectivity index is 2.25. The third-order valence-corrected chi connectivity index (χ3v) is 2.69. The van der Waals surface area contributed by atoms with E-state index in [4.69, 9.17) is 11.1 Å². The summed E-state index contributed by atoms with van der Waals surface area (Å²) >= 11 is 0. The number of nitrogens with two attached hydrogens (primary N) is 1. The number of hydrogen-bond donors (Lipinski definition) is 2. The van der Waals surface area contributed by atoms with E-state index in [9.17, 15) is 13.2 Å². The van der Waals surface area contributed by atoms with Crippen LogP contribution in [-0.2, 0) is 0 Å². The summed E-state index contributed by atoms with van der Waals surface area (Å²) in [5.41, 5.74) is 5.89. The largest absolute Gasteiger partial charge is 0.405 e. The summed E-state index contributed by atoms with van der Waals surface area (Å²) in [6.07, 6.45) is -1.36. The molecular weight excluding hydrogens is 245 g/mol. The molecule has 0 unspecified atom stereocenters. The van der Waals surface area contributed by atoms with Crippen molar-refractivity contribution in [1.29, 1.82) is 5.41 Å². The number of anilines is 1. The number of nitrogen functional groups attached to an aromatic ring is 1. The highest BCUT2D eigenvalue weighted by molar-refractivity contribution is 5.93. The lowest BCUT2D eigenvalue weighted by molar-refractivity contribution is -0.120. The van der Waals surface area contributed by atoms with Gasteiger partial charge in [-0.25, -0.2) is 0 Å². The Labute approximate surface area is 102 Å². The van der Waals surface area contributed by atoms with Gasteiger partial charge in [-0.3, -0.25) is 10.4 Å². The summed E-state index contributed by atoms with van der Waals surface area (Å²) in [5, 5.41) is 7.25. The maximum absolute atomic E-state index is 12.5. The number of aromatic nitrogens is 1. The zero-order valence-electron chi connectivity index (χ0n) is 9.54. The highest BCUT2D eigenvalue weighted by Gasteiger charge is 2.38. The Morgan fingerprint density at radius 3 is 2.67 bits per heavy atom. The van der Waals surface area contributed by atoms with E-state index in [2.05, 4.69) is 4.98 Å². The van der Waals surface area contributed by atoms with E-state index < -0.39 is 12.7 Å². The molecule has 1 fully saturated rings. The predicted molar refractivity (Wildman–Crippen MR) is 61.7 cm³/mol. The molecule has 1 aromatic heterocycles. The lowest BCUT2D eigenvalue weighted by Crippen LogP contribution is -2.36. The summed E-state index contributed by atoms with van der Waals surface area (Å²) < 4.78 is 37.5. The predicted octanol–water partition coefficient (Wildman–Crippen LogP) is 1.90. The molecule has 0 bridgehead atoms. The van der Waals surface area contributed by atoms with Crippen LogP contribution in [0.4, 0.5) is 18.9 Å². The quantitative estimate of drug-likeness (QED) is 0.640. The van der Waals surface area contributed by atoms with E-state index in [0.717, 1.165) is 12.8 Å². The van der Waals surface area contributed by atoms with Crippen LogP contribution in [0, 0.1) is 5.41 Å². The molecule has 1 aliphatic rings. The topological polar surface area (TPSA) is 66.0 Å². The number of pyridine rings is 1. The van der Waals surface area contributed by atoms with Gasteiger partial charge in [0.1, 0.15) is 18.1 Å². The molecule has 3 N–H and O–H groups in total. The zero-order valence-corrected chi connectivity index (χ0v) is 9.54. The van der Waals surface area contributed by atoms with Crippen molar-refractivity contribution in [2.24, 2.45) is 5.73 Å². The van der Waals surface area contributed by atoms with Gasteiger partial charge in [-0.15, -0.1) is 0 Å². The fraction of sp³-hybridized carbons (Fsp3) is 0.455. The number of amidine groups is 1. The summed E-state index contributed by atoms with van der Waals surface area (Å²) in [6.45, 7) is -0.987. The molecule has 0 saturated heterocycles. The Hall–Kier alpha value is -1.79. The maximum atomic E-state index is 12.5. The first-order valence-electron chi connectivity index (χ1n) is 5.50. The second-order valence-electron chi connectivity index (χ2n) is 4.29. The zero-order chi connectivity index (χ0) is 13.3. The van der Waals surface area contributed by atoms with Crippen LogP contribution in [-0.4, -0.2) is 29.6 Å². The van der Waals surface area contributed by atoms with Crippen molar-refractivity contribution in [2.75, 3.05) is 11.4 Å². The molecule has 0 spiro atoms. The minimum Gasteiger partial charge on any atom is -0.382 e. The number of nitrogens with one attached hydrogen (secondary N) is 1. The Morgan fingerprint density at radius 1 is 1.50 bits per heavy atom. The summed E-state index contributed by atoms with van der Waals surface area (Å²) in [7, 11) is 0. The van der Waals surface area contributed by atoms with Crippen molar-refractivity contribution in [3.8, 4) is 0 Å². The van der Waals surface area contributed by atoms with Crippen LogP contribution in [0.25, 0.3) is 0 Å². The molecule has 98 valence electrons. The van der Waals surface area contributed by atoms with Gasteiger partial charge in [0.25, 0.3) is 0 Å². The van der Waals surface area contributed by atoms with Crippen LogP contribution in [0.1, 0.15) is 18.5 Å². The molecule has 0 atom stereocenters.